The summed E-state index contributed by atoms with van der Waals surface area (Å²) in [5, 5.41) is 2.31. The highest BCUT2D eigenvalue weighted by Crippen LogP contribution is 2.37. The second kappa shape index (κ2) is 11.5. The summed E-state index contributed by atoms with van der Waals surface area (Å²) >= 11 is 14.0. The van der Waals surface area contributed by atoms with Gasteiger partial charge in [0.25, 0.3) is 0 Å². The van der Waals surface area contributed by atoms with E-state index in [4.69, 9.17) is 37.7 Å². The smallest absolute Gasteiger partial charge is 0.125 e. The largest absolute Gasteiger partial charge is 0.496 e. The summed E-state index contributed by atoms with van der Waals surface area (Å²) in [6.07, 6.45) is 8.16. The SMILES string of the molecule is Cc1nc(C(C)C)c(Sc2cc(Cl)cc(Cl)c2)n1COCCOC1=CCCCCC1. The lowest BCUT2D eigenvalue weighted by molar-refractivity contribution is 0.0318. The molecule has 0 amide bonds. The van der Waals surface area contributed by atoms with Crippen molar-refractivity contribution in [3.63, 3.8) is 0 Å². The molecule has 7 heteroatoms. The van der Waals surface area contributed by atoms with Gasteiger partial charge in [-0.1, -0.05) is 55.2 Å². The molecule has 0 saturated heterocycles. The third-order valence-corrected chi connectivity index (χ3v) is 6.50. The molecule has 0 fully saturated rings. The fourth-order valence-corrected chi connectivity index (χ4v) is 5.34. The molecule has 164 valence electrons. The predicted octanol–water partition coefficient (Wildman–Crippen LogP) is 7.61. The van der Waals surface area contributed by atoms with Crippen LogP contribution in [0.25, 0.3) is 0 Å². The van der Waals surface area contributed by atoms with E-state index in [1.54, 1.807) is 17.8 Å². The molecule has 1 aliphatic rings. The van der Waals surface area contributed by atoms with Crippen LogP contribution in [0.2, 0.25) is 10.0 Å². The van der Waals surface area contributed by atoms with Crippen molar-refractivity contribution in [2.24, 2.45) is 0 Å². The number of aromatic nitrogens is 2. The molecule has 0 saturated carbocycles. The molecule has 1 aromatic carbocycles. The number of hydrogen-bond donors (Lipinski definition) is 0. The van der Waals surface area contributed by atoms with Crippen molar-refractivity contribution in [1.29, 1.82) is 0 Å². The Labute approximate surface area is 193 Å². The maximum Gasteiger partial charge on any atom is 0.125 e. The molecule has 0 N–H and O–H groups in total. The minimum Gasteiger partial charge on any atom is -0.496 e. The van der Waals surface area contributed by atoms with Crippen molar-refractivity contribution < 1.29 is 9.47 Å². The molecule has 0 unspecified atom stereocenters. The van der Waals surface area contributed by atoms with E-state index < -0.39 is 0 Å². The number of ether oxygens (including phenoxy) is 2. The van der Waals surface area contributed by atoms with Gasteiger partial charge in [0.1, 0.15) is 24.2 Å². The zero-order chi connectivity index (χ0) is 21.5. The first-order chi connectivity index (χ1) is 14.4. The molecule has 3 rings (SSSR count). The zero-order valence-electron chi connectivity index (χ0n) is 17.9. The van der Waals surface area contributed by atoms with Crippen molar-refractivity contribution in [1.82, 2.24) is 9.55 Å². The van der Waals surface area contributed by atoms with Gasteiger partial charge in [-0.25, -0.2) is 4.98 Å². The summed E-state index contributed by atoms with van der Waals surface area (Å²) in [7, 11) is 0. The monoisotopic (exact) mass is 468 g/mol. The molecule has 0 bridgehead atoms. The molecule has 30 heavy (non-hydrogen) atoms. The summed E-state index contributed by atoms with van der Waals surface area (Å²) in [5.41, 5.74) is 1.05. The highest BCUT2D eigenvalue weighted by molar-refractivity contribution is 7.99. The van der Waals surface area contributed by atoms with Gasteiger partial charge in [0.2, 0.25) is 0 Å². The predicted molar refractivity (Wildman–Crippen MR) is 125 cm³/mol. The standard InChI is InChI=1S/C23H30Cl2N2O2S/c1-16(2)22-23(30-21-13-18(24)12-19(25)14-21)27(17(3)26-22)15-28-10-11-29-20-8-6-4-5-7-9-20/h8,12-14,16H,4-7,9-11,15H2,1-3H3. The highest BCUT2D eigenvalue weighted by Gasteiger charge is 2.19. The third-order valence-electron chi connectivity index (χ3n) is 4.97. The van der Waals surface area contributed by atoms with Gasteiger partial charge in [-0.05, 0) is 56.4 Å². The van der Waals surface area contributed by atoms with Gasteiger partial charge in [0.05, 0.1) is 18.1 Å². The number of aryl methyl sites for hydroxylation is 1. The summed E-state index contributed by atoms with van der Waals surface area (Å²) in [6, 6.07) is 5.58. The molecular formula is C23H30Cl2N2O2S. The number of halogens is 2. The maximum atomic E-state index is 6.19. The van der Waals surface area contributed by atoms with Crippen LogP contribution in [-0.2, 0) is 16.2 Å². The zero-order valence-corrected chi connectivity index (χ0v) is 20.2. The highest BCUT2D eigenvalue weighted by atomic mass is 35.5. The van der Waals surface area contributed by atoms with Crippen LogP contribution in [0.15, 0.2) is 40.0 Å². The second-order valence-electron chi connectivity index (χ2n) is 7.79. The minimum absolute atomic E-state index is 0.299. The Morgan fingerprint density at radius 3 is 2.60 bits per heavy atom. The van der Waals surface area contributed by atoms with Crippen molar-refractivity contribution in [2.75, 3.05) is 13.2 Å². The Morgan fingerprint density at radius 2 is 1.87 bits per heavy atom. The molecule has 4 nitrogen and oxygen atoms in total. The van der Waals surface area contributed by atoms with Gasteiger partial charge in [-0.15, -0.1) is 0 Å². The van der Waals surface area contributed by atoms with E-state index in [0.717, 1.165) is 40.0 Å². The fraction of sp³-hybridized carbons (Fsp3) is 0.522. The summed E-state index contributed by atoms with van der Waals surface area (Å²) in [6.45, 7) is 7.86. The van der Waals surface area contributed by atoms with Gasteiger partial charge in [-0.3, -0.25) is 4.57 Å². The average molecular weight is 469 g/mol. The van der Waals surface area contributed by atoms with E-state index in [1.807, 2.05) is 19.1 Å². The van der Waals surface area contributed by atoms with E-state index in [2.05, 4.69) is 24.5 Å². The van der Waals surface area contributed by atoms with Crippen molar-refractivity contribution in [2.45, 2.75) is 75.4 Å². The number of imidazole rings is 1. The molecule has 1 aliphatic carbocycles. The van der Waals surface area contributed by atoms with Crippen LogP contribution in [0.1, 0.15) is 63.4 Å². The van der Waals surface area contributed by atoms with Gasteiger partial charge in [0.15, 0.2) is 0 Å². The number of nitrogens with zero attached hydrogens (tertiary/aromatic N) is 2. The lowest BCUT2D eigenvalue weighted by atomic mass is 10.2. The van der Waals surface area contributed by atoms with Gasteiger partial charge >= 0.3 is 0 Å². The van der Waals surface area contributed by atoms with Crippen LogP contribution in [0, 0.1) is 6.92 Å². The average Bonchev–Trinajstić information content (AvgIpc) is 2.84. The van der Waals surface area contributed by atoms with Crippen LogP contribution >= 0.6 is 35.0 Å². The van der Waals surface area contributed by atoms with E-state index in [1.165, 1.54) is 19.3 Å². The van der Waals surface area contributed by atoms with Crippen LogP contribution in [-0.4, -0.2) is 22.8 Å². The lowest BCUT2D eigenvalue weighted by Gasteiger charge is -2.14. The molecule has 0 aliphatic heterocycles. The van der Waals surface area contributed by atoms with E-state index in [0.29, 0.717) is 35.9 Å². The van der Waals surface area contributed by atoms with Gasteiger partial charge in [-0.2, -0.15) is 0 Å². The van der Waals surface area contributed by atoms with Crippen LogP contribution in [0.3, 0.4) is 0 Å². The number of allylic oxidation sites excluding steroid dienone is 2. The molecule has 1 heterocycles. The van der Waals surface area contributed by atoms with Crippen LogP contribution in [0.5, 0.6) is 0 Å². The van der Waals surface area contributed by atoms with Gasteiger partial charge < -0.3 is 9.47 Å². The van der Waals surface area contributed by atoms with Crippen LogP contribution in [0.4, 0.5) is 0 Å². The quantitative estimate of drug-likeness (QED) is 0.354. The van der Waals surface area contributed by atoms with E-state index in [9.17, 15) is 0 Å². The lowest BCUT2D eigenvalue weighted by Crippen LogP contribution is -2.10. The van der Waals surface area contributed by atoms with Crippen LogP contribution < -0.4 is 0 Å². The van der Waals surface area contributed by atoms with Crippen molar-refractivity contribution >= 4 is 35.0 Å². The Kier molecular flexibility index (Phi) is 8.99. The molecular weight excluding hydrogens is 439 g/mol. The fourth-order valence-electron chi connectivity index (χ4n) is 3.41. The maximum absolute atomic E-state index is 6.19. The summed E-state index contributed by atoms with van der Waals surface area (Å²) in [5.74, 6) is 2.35. The van der Waals surface area contributed by atoms with Crippen molar-refractivity contribution in [3.8, 4) is 0 Å². The molecule has 2 aromatic rings. The summed E-state index contributed by atoms with van der Waals surface area (Å²) < 4.78 is 14.0. The molecule has 0 atom stereocenters. The number of hydrogen-bond acceptors (Lipinski definition) is 4. The Hall–Kier alpha value is -1.14. The molecule has 1 aromatic heterocycles. The molecule has 0 radical (unpaired) electrons. The first-order valence-electron chi connectivity index (χ1n) is 10.5. The third kappa shape index (κ3) is 6.68. The normalized spacial score (nSPS) is 14.7. The molecule has 0 spiro atoms. The topological polar surface area (TPSA) is 36.3 Å². The number of benzene rings is 1. The van der Waals surface area contributed by atoms with E-state index >= 15 is 0 Å². The Bertz CT molecular complexity index is 860. The minimum atomic E-state index is 0.299. The Morgan fingerprint density at radius 1 is 1.10 bits per heavy atom. The summed E-state index contributed by atoms with van der Waals surface area (Å²) in [4.78, 5) is 5.78. The van der Waals surface area contributed by atoms with Gasteiger partial charge in [0, 0.05) is 21.4 Å². The second-order valence-corrected chi connectivity index (χ2v) is 9.73. The first-order valence-corrected chi connectivity index (χ1v) is 12.1. The Balaban J connectivity index is 1.64. The first kappa shape index (κ1) is 23.5. The van der Waals surface area contributed by atoms with Crippen molar-refractivity contribution in [3.05, 3.63) is 51.6 Å². The van der Waals surface area contributed by atoms with E-state index in [-0.39, 0.29) is 0 Å². The number of rotatable bonds is 9.